The molecule has 0 saturated carbocycles. The molecule has 7 heteroatoms. The van der Waals surface area contributed by atoms with Crippen LogP contribution >= 0.6 is 0 Å². The number of Topliss-reactive ketones (excluding diaryl/α,β-unsaturated/α-hetero) is 1. The number of benzene rings is 2. The van der Waals surface area contributed by atoms with E-state index in [4.69, 9.17) is 4.74 Å². The van der Waals surface area contributed by atoms with E-state index in [2.05, 4.69) is 10.6 Å². The van der Waals surface area contributed by atoms with Gasteiger partial charge in [0.05, 0.1) is 17.9 Å². The average Bonchev–Trinajstić information content (AvgIpc) is 2.62. The molecule has 27 heavy (non-hydrogen) atoms. The summed E-state index contributed by atoms with van der Waals surface area (Å²) in [4.78, 5) is 47.5. The monoisotopic (exact) mass is 368 g/mol. The van der Waals surface area contributed by atoms with Crippen molar-refractivity contribution in [3.8, 4) is 0 Å². The Morgan fingerprint density at radius 1 is 0.926 bits per heavy atom. The van der Waals surface area contributed by atoms with Crippen molar-refractivity contribution in [1.82, 2.24) is 0 Å². The molecule has 2 aromatic carbocycles. The van der Waals surface area contributed by atoms with Gasteiger partial charge in [-0.15, -0.1) is 0 Å². The van der Waals surface area contributed by atoms with E-state index < -0.39 is 24.2 Å². The molecule has 2 aromatic rings. The Morgan fingerprint density at radius 2 is 1.63 bits per heavy atom. The van der Waals surface area contributed by atoms with Crippen LogP contribution < -0.4 is 10.6 Å². The van der Waals surface area contributed by atoms with Crippen LogP contribution in [0.5, 0.6) is 0 Å². The third-order valence-corrected chi connectivity index (χ3v) is 3.57. The SMILES string of the molecule is CCOC(=O)c1ccccc1NC(=O)CC(=O)Nc1cccc(C(C)=O)c1. The fourth-order valence-corrected chi connectivity index (χ4v) is 2.34. The number of rotatable bonds is 7. The molecule has 2 amide bonds. The quantitative estimate of drug-likeness (QED) is 0.444. The van der Waals surface area contributed by atoms with Crippen LogP contribution in [-0.2, 0) is 14.3 Å². The molecule has 7 nitrogen and oxygen atoms in total. The van der Waals surface area contributed by atoms with Crippen LogP contribution in [0.15, 0.2) is 48.5 Å². The maximum atomic E-state index is 12.1. The lowest BCUT2D eigenvalue weighted by atomic mass is 10.1. The van der Waals surface area contributed by atoms with Crippen molar-refractivity contribution >= 4 is 34.9 Å². The molecule has 0 aromatic heterocycles. The number of amides is 2. The molecule has 0 aliphatic rings. The standard InChI is InChI=1S/C20H20N2O5/c1-3-27-20(26)16-9-4-5-10-17(16)22-19(25)12-18(24)21-15-8-6-7-14(11-15)13(2)23/h4-11H,3,12H2,1-2H3,(H,21,24)(H,22,25). The molecule has 2 N–H and O–H groups in total. The second-order valence-electron chi connectivity index (χ2n) is 5.68. The summed E-state index contributed by atoms with van der Waals surface area (Å²) in [5, 5.41) is 5.11. The van der Waals surface area contributed by atoms with Gasteiger partial charge in [0.15, 0.2) is 5.78 Å². The molecule has 140 valence electrons. The minimum Gasteiger partial charge on any atom is -0.462 e. The highest BCUT2D eigenvalue weighted by Gasteiger charge is 2.16. The normalized spacial score (nSPS) is 10.0. The average molecular weight is 368 g/mol. The first kappa shape index (κ1) is 19.8. The molecule has 0 atom stereocenters. The number of esters is 1. The lowest BCUT2D eigenvalue weighted by Crippen LogP contribution is -2.22. The zero-order chi connectivity index (χ0) is 19.8. The van der Waals surface area contributed by atoms with Gasteiger partial charge in [0.25, 0.3) is 0 Å². The summed E-state index contributed by atoms with van der Waals surface area (Å²) in [5.41, 5.74) is 1.36. The lowest BCUT2D eigenvalue weighted by molar-refractivity contribution is -0.123. The van der Waals surface area contributed by atoms with Gasteiger partial charge in [-0.05, 0) is 38.1 Å². The van der Waals surface area contributed by atoms with Gasteiger partial charge >= 0.3 is 5.97 Å². The van der Waals surface area contributed by atoms with Crippen LogP contribution in [0.4, 0.5) is 11.4 Å². The molecule has 0 bridgehead atoms. The summed E-state index contributed by atoms with van der Waals surface area (Å²) in [6, 6.07) is 12.8. The predicted molar refractivity (Wildman–Crippen MR) is 101 cm³/mol. The highest BCUT2D eigenvalue weighted by Crippen LogP contribution is 2.17. The maximum Gasteiger partial charge on any atom is 0.340 e. The number of ether oxygens (including phenoxy) is 1. The van der Waals surface area contributed by atoms with Gasteiger partial charge in [-0.1, -0.05) is 24.3 Å². The second-order valence-corrected chi connectivity index (χ2v) is 5.68. The van der Waals surface area contributed by atoms with E-state index in [0.717, 1.165) is 0 Å². The zero-order valence-electron chi connectivity index (χ0n) is 15.1. The van der Waals surface area contributed by atoms with Gasteiger partial charge in [-0.2, -0.15) is 0 Å². The molecule has 0 radical (unpaired) electrons. The van der Waals surface area contributed by atoms with E-state index >= 15 is 0 Å². The van der Waals surface area contributed by atoms with Crippen LogP contribution in [0.3, 0.4) is 0 Å². The van der Waals surface area contributed by atoms with Crippen molar-refractivity contribution in [1.29, 1.82) is 0 Å². The van der Waals surface area contributed by atoms with Crippen LogP contribution in [-0.4, -0.2) is 30.2 Å². The number of hydrogen-bond donors (Lipinski definition) is 2. The molecular weight excluding hydrogens is 348 g/mol. The Kier molecular flexibility index (Phi) is 6.82. The fraction of sp³-hybridized carbons (Fsp3) is 0.200. The summed E-state index contributed by atoms with van der Waals surface area (Å²) in [5.74, 6) is -1.80. The minimum absolute atomic E-state index is 0.126. The van der Waals surface area contributed by atoms with Gasteiger partial charge in [0.2, 0.25) is 11.8 Å². The van der Waals surface area contributed by atoms with Crippen molar-refractivity contribution in [2.45, 2.75) is 20.3 Å². The van der Waals surface area contributed by atoms with E-state index in [1.165, 1.54) is 19.1 Å². The molecule has 0 aliphatic carbocycles. The van der Waals surface area contributed by atoms with E-state index in [9.17, 15) is 19.2 Å². The van der Waals surface area contributed by atoms with E-state index in [0.29, 0.717) is 11.3 Å². The third kappa shape index (κ3) is 5.78. The highest BCUT2D eigenvalue weighted by molar-refractivity contribution is 6.10. The number of carbonyl (C=O) groups is 4. The van der Waals surface area contributed by atoms with Gasteiger partial charge in [0.1, 0.15) is 6.42 Å². The number of carbonyl (C=O) groups excluding carboxylic acids is 4. The summed E-state index contributed by atoms with van der Waals surface area (Å²) >= 11 is 0. The molecule has 0 unspecified atom stereocenters. The molecule has 0 saturated heterocycles. The highest BCUT2D eigenvalue weighted by atomic mass is 16.5. The van der Waals surface area contributed by atoms with Crippen molar-refractivity contribution < 1.29 is 23.9 Å². The van der Waals surface area contributed by atoms with Gasteiger partial charge in [-0.3, -0.25) is 14.4 Å². The van der Waals surface area contributed by atoms with Crippen molar-refractivity contribution in [3.63, 3.8) is 0 Å². The topological polar surface area (TPSA) is 102 Å². The Labute approximate surface area is 156 Å². The first-order chi connectivity index (χ1) is 12.9. The smallest absolute Gasteiger partial charge is 0.340 e. The Balaban J connectivity index is 2.00. The number of nitrogens with one attached hydrogen (secondary N) is 2. The molecular formula is C20H20N2O5. The van der Waals surface area contributed by atoms with E-state index in [1.54, 1.807) is 43.3 Å². The molecule has 2 rings (SSSR count). The lowest BCUT2D eigenvalue weighted by Gasteiger charge is -2.10. The third-order valence-electron chi connectivity index (χ3n) is 3.57. The molecule has 0 aliphatic heterocycles. The summed E-state index contributed by atoms with van der Waals surface area (Å²) < 4.78 is 4.94. The first-order valence-electron chi connectivity index (χ1n) is 8.37. The second kappa shape index (κ2) is 9.28. The van der Waals surface area contributed by atoms with Crippen LogP contribution in [0, 0.1) is 0 Å². The van der Waals surface area contributed by atoms with Gasteiger partial charge in [-0.25, -0.2) is 4.79 Å². The van der Waals surface area contributed by atoms with Crippen LogP contribution in [0.25, 0.3) is 0 Å². The molecule has 0 heterocycles. The Bertz CT molecular complexity index is 876. The number of ketones is 1. The first-order valence-corrected chi connectivity index (χ1v) is 8.37. The Morgan fingerprint density at radius 3 is 2.33 bits per heavy atom. The summed E-state index contributed by atoms with van der Waals surface area (Å²) in [6.07, 6.45) is -0.443. The maximum absolute atomic E-state index is 12.1. The van der Waals surface area contributed by atoms with Gasteiger partial charge < -0.3 is 15.4 Å². The fourth-order valence-electron chi connectivity index (χ4n) is 2.34. The number of hydrogen-bond acceptors (Lipinski definition) is 5. The summed E-state index contributed by atoms with van der Waals surface area (Å²) in [7, 11) is 0. The predicted octanol–water partition coefficient (Wildman–Crippen LogP) is 3.03. The largest absolute Gasteiger partial charge is 0.462 e. The van der Waals surface area contributed by atoms with Crippen molar-refractivity contribution in [2.75, 3.05) is 17.2 Å². The minimum atomic E-state index is -0.577. The van der Waals surface area contributed by atoms with Crippen molar-refractivity contribution in [3.05, 3.63) is 59.7 Å². The molecule has 0 fully saturated rings. The van der Waals surface area contributed by atoms with E-state index in [1.807, 2.05) is 0 Å². The Hall–Kier alpha value is -3.48. The van der Waals surface area contributed by atoms with E-state index in [-0.39, 0.29) is 23.6 Å². The number of anilines is 2. The zero-order valence-corrected chi connectivity index (χ0v) is 15.1. The van der Waals surface area contributed by atoms with Crippen molar-refractivity contribution in [2.24, 2.45) is 0 Å². The van der Waals surface area contributed by atoms with Crippen LogP contribution in [0.1, 0.15) is 41.0 Å². The summed E-state index contributed by atoms with van der Waals surface area (Å²) in [6.45, 7) is 3.32. The van der Waals surface area contributed by atoms with Gasteiger partial charge in [0, 0.05) is 11.3 Å². The van der Waals surface area contributed by atoms with Crippen LogP contribution in [0.2, 0.25) is 0 Å². The molecule has 0 spiro atoms. The number of para-hydroxylation sites is 1.